The van der Waals surface area contributed by atoms with Crippen LogP contribution >= 0.6 is 0 Å². The maximum atomic E-state index is 12.1. The van der Waals surface area contributed by atoms with Crippen LogP contribution in [0.15, 0.2) is 29.4 Å². The number of amidine groups is 1. The maximum absolute atomic E-state index is 12.1. The van der Waals surface area contributed by atoms with Crippen LogP contribution in [0.5, 0.6) is 0 Å². The molecule has 4 N–H and O–H groups in total. The fourth-order valence-electron chi connectivity index (χ4n) is 2.15. The van der Waals surface area contributed by atoms with Gasteiger partial charge in [-0.05, 0) is 25.3 Å². The smallest absolute Gasteiger partial charge is 0.225 e. The van der Waals surface area contributed by atoms with Gasteiger partial charge in [0, 0.05) is 0 Å². The average molecular weight is 277 g/mol. The Morgan fingerprint density at radius 2 is 1.85 bits per heavy atom. The molecular weight excluding hydrogens is 254 g/mol. The van der Waals surface area contributed by atoms with Gasteiger partial charge in [-0.1, -0.05) is 48.8 Å². The lowest BCUT2D eigenvalue weighted by Gasteiger charge is -2.31. The molecule has 0 saturated carbocycles. The molecule has 0 aromatic heterocycles. The van der Waals surface area contributed by atoms with Gasteiger partial charge in [0.2, 0.25) is 5.91 Å². The number of aryl methyl sites for hydroxylation is 1. The summed E-state index contributed by atoms with van der Waals surface area (Å²) in [4.78, 5) is 12.1. The molecule has 0 aliphatic carbocycles. The minimum atomic E-state index is -0.781. The molecule has 1 aromatic carbocycles. The molecule has 1 rings (SSSR count). The summed E-state index contributed by atoms with van der Waals surface area (Å²) in [6.07, 6.45) is 1.42. The van der Waals surface area contributed by atoms with E-state index in [1.54, 1.807) is 0 Å². The van der Waals surface area contributed by atoms with Gasteiger partial charge in [-0.25, -0.2) is 0 Å². The number of carbonyl (C=O) groups is 1. The number of rotatable bonds is 6. The Bertz CT molecular complexity index is 476. The average Bonchev–Trinajstić information content (AvgIpc) is 2.46. The van der Waals surface area contributed by atoms with E-state index >= 15 is 0 Å². The standard InChI is InChI=1S/C15H23N3O2/c1-4-15(5-2,14(16)18-20)17-13(19)10-12-8-6-11(3)7-9-12/h6-9,20H,4-5,10H2,1-3H3,(H2,16,18)(H,17,19). The van der Waals surface area contributed by atoms with E-state index in [0.717, 1.165) is 11.1 Å². The fraction of sp³-hybridized carbons (Fsp3) is 0.467. The Balaban J connectivity index is 2.79. The van der Waals surface area contributed by atoms with Crippen LogP contribution in [0.25, 0.3) is 0 Å². The van der Waals surface area contributed by atoms with E-state index in [2.05, 4.69) is 10.5 Å². The number of nitrogens with one attached hydrogen (secondary N) is 1. The van der Waals surface area contributed by atoms with Gasteiger partial charge in [0.15, 0.2) is 5.84 Å². The quantitative estimate of drug-likeness (QED) is 0.321. The Kier molecular flexibility index (Phi) is 5.55. The third-order valence-electron chi connectivity index (χ3n) is 3.67. The van der Waals surface area contributed by atoms with Crippen molar-refractivity contribution in [3.63, 3.8) is 0 Å². The lowest BCUT2D eigenvalue weighted by molar-refractivity contribution is -0.121. The van der Waals surface area contributed by atoms with Crippen molar-refractivity contribution in [1.82, 2.24) is 5.32 Å². The lowest BCUT2D eigenvalue weighted by atomic mass is 9.91. The van der Waals surface area contributed by atoms with E-state index in [0.29, 0.717) is 12.8 Å². The summed E-state index contributed by atoms with van der Waals surface area (Å²) in [7, 11) is 0. The highest BCUT2D eigenvalue weighted by Crippen LogP contribution is 2.16. The van der Waals surface area contributed by atoms with E-state index in [1.165, 1.54) is 0 Å². The summed E-state index contributed by atoms with van der Waals surface area (Å²) in [5.74, 6) is -0.0936. The van der Waals surface area contributed by atoms with Crippen LogP contribution in [0.3, 0.4) is 0 Å². The van der Waals surface area contributed by atoms with Crippen molar-refractivity contribution >= 4 is 11.7 Å². The molecule has 5 nitrogen and oxygen atoms in total. The second-order valence-corrected chi connectivity index (χ2v) is 4.99. The zero-order chi connectivity index (χ0) is 15.2. The van der Waals surface area contributed by atoms with Crippen LogP contribution in [-0.2, 0) is 11.2 Å². The summed E-state index contributed by atoms with van der Waals surface area (Å²) >= 11 is 0. The van der Waals surface area contributed by atoms with Gasteiger partial charge in [-0.15, -0.1) is 0 Å². The Morgan fingerprint density at radius 1 is 1.30 bits per heavy atom. The molecule has 5 heteroatoms. The van der Waals surface area contributed by atoms with Crippen LogP contribution in [0.1, 0.15) is 37.8 Å². The van der Waals surface area contributed by atoms with Crippen molar-refractivity contribution in [2.45, 2.75) is 45.6 Å². The molecule has 0 heterocycles. The van der Waals surface area contributed by atoms with Crippen molar-refractivity contribution in [3.8, 4) is 0 Å². The molecule has 0 atom stereocenters. The first-order valence-electron chi connectivity index (χ1n) is 6.82. The van der Waals surface area contributed by atoms with E-state index < -0.39 is 5.54 Å². The number of hydrogen-bond donors (Lipinski definition) is 3. The van der Waals surface area contributed by atoms with Gasteiger partial charge in [0.25, 0.3) is 0 Å². The molecule has 1 amide bonds. The topological polar surface area (TPSA) is 87.7 Å². The van der Waals surface area contributed by atoms with Crippen LogP contribution in [0, 0.1) is 6.92 Å². The minimum Gasteiger partial charge on any atom is -0.409 e. The molecule has 0 aliphatic heterocycles. The molecule has 0 bridgehead atoms. The summed E-state index contributed by atoms with van der Waals surface area (Å²) in [6.45, 7) is 5.79. The number of amides is 1. The van der Waals surface area contributed by atoms with Gasteiger partial charge in [0.1, 0.15) is 5.54 Å². The largest absolute Gasteiger partial charge is 0.409 e. The lowest BCUT2D eigenvalue weighted by Crippen LogP contribution is -2.57. The van der Waals surface area contributed by atoms with Gasteiger partial charge >= 0.3 is 0 Å². The highest BCUT2D eigenvalue weighted by molar-refractivity contribution is 5.94. The first-order chi connectivity index (χ1) is 9.47. The Labute approximate surface area is 119 Å². The number of carbonyl (C=O) groups excluding carboxylic acids is 1. The predicted octanol–water partition coefficient (Wildman–Crippen LogP) is 1.96. The van der Waals surface area contributed by atoms with Crippen LogP contribution in [-0.4, -0.2) is 22.5 Å². The number of hydrogen-bond acceptors (Lipinski definition) is 3. The van der Waals surface area contributed by atoms with E-state index in [9.17, 15) is 4.79 Å². The number of nitrogens with two attached hydrogens (primary N) is 1. The Morgan fingerprint density at radius 3 is 2.30 bits per heavy atom. The molecule has 0 spiro atoms. The summed E-state index contributed by atoms with van der Waals surface area (Å²) in [6, 6.07) is 7.80. The van der Waals surface area contributed by atoms with Crippen LogP contribution in [0.4, 0.5) is 0 Å². The monoisotopic (exact) mass is 277 g/mol. The molecule has 0 saturated heterocycles. The van der Waals surface area contributed by atoms with Gasteiger partial charge in [-0.2, -0.15) is 0 Å². The number of benzene rings is 1. The second-order valence-electron chi connectivity index (χ2n) is 4.99. The molecular formula is C15H23N3O2. The highest BCUT2D eigenvalue weighted by Gasteiger charge is 2.33. The normalized spacial score (nSPS) is 12.2. The summed E-state index contributed by atoms with van der Waals surface area (Å²) < 4.78 is 0. The highest BCUT2D eigenvalue weighted by atomic mass is 16.4. The predicted molar refractivity (Wildman–Crippen MR) is 79.7 cm³/mol. The summed E-state index contributed by atoms with van der Waals surface area (Å²) in [5.41, 5.74) is 7.03. The molecule has 0 fully saturated rings. The van der Waals surface area contributed by atoms with E-state index in [4.69, 9.17) is 10.9 Å². The van der Waals surface area contributed by atoms with Gasteiger partial charge in [0.05, 0.1) is 6.42 Å². The van der Waals surface area contributed by atoms with E-state index in [1.807, 2.05) is 45.0 Å². The van der Waals surface area contributed by atoms with Crippen molar-refractivity contribution in [2.75, 3.05) is 0 Å². The Hall–Kier alpha value is -2.04. The second kappa shape index (κ2) is 6.93. The SMILES string of the molecule is CCC(CC)(NC(=O)Cc1ccc(C)cc1)/C(N)=N/O. The van der Waals surface area contributed by atoms with Gasteiger partial charge < -0.3 is 16.3 Å². The number of nitrogens with zero attached hydrogens (tertiary/aromatic N) is 1. The zero-order valence-corrected chi connectivity index (χ0v) is 12.3. The molecule has 20 heavy (non-hydrogen) atoms. The van der Waals surface area contributed by atoms with Crippen molar-refractivity contribution in [2.24, 2.45) is 10.9 Å². The van der Waals surface area contributed by atoms with E-state index in [-0.39, 0.29) is 18.2 Å². The van der Waals surface area contributed by atoms with Crippen molar-refractivity contribution < 1.29 is 10.0 Å². The molecule has 110 valence electrons. The third-order valence-corrected chi connectivity index (χ3v) is 3.67. The minimum absolute atomic E-state index is 0.0414. The van der Waals surface area contributed by atoms with Crippen LogP contribution in [0.2, 0.25) is 0 Å². The molecule has 0 aliphatic rings. The fourth-order valence-corrected chi connectivity index (χ4v) is 2.15. The summed E-state index contributed by atoms with van der Waals surface area (Å²) in [5, 5.41) is 14.8. The maximum Gasteiger partial charge on any atom is 0.225 e. The third kappa shape index (κ3) is 3.73. The van der Waals surface area contributed by atoms with Crippen LogP contribution < -0.4 is 11.1 Å². The first kappa shape index (κ1) is 16.0. The zero-order valence-electron chi connectivity index (χ0n) is 12.3. The van der Waals surface area contributed by atoms with Gasteiger partial charge in [-0.3, -0.25) is 4.79 Å². The number of oxime groups is 1. The first-order valence-corrected chi connectivity index (χ1v) is 6.82. The molecule has 0 radical (unpaired) electrons. The molecule has 0 unspecified atom stereocenters. The molecule has 1 aromatic rings. The van der Waals surface area contributed by atoms with Crippen molar-refractivity contribution in [1.29, 1.82) is 0 Å². The van der Waals surface area contributed by atoms with Crippen molar-refractivity contribution in [3.05, 3.63) is 35.4 Å².